The molecule has 0 fully saturated rings. The van der Waals surface area contributed by atoms with Crippen molar-refractivity contribution in [3.63, 3.8) is 0 Å². The van der Waals surface area contributed by atoms with Crippen molar-refractivity contribution in [2.45, 2.75) is 20.1 Å². The molecule has 1 heterocycles. The summed E-state index contributed by atoms with van der Waals surface area (Å²) < 4.78 is 22.7. The SMILES string of the molecule is Cc1n[nH]c(=S)n1NCc1cc(Br)ccc1OCc1ccccc1F. The number of aromatic nitrogens is 3. The number of nitrogens with zero attached hydrogens (tertiary/aromatic N) is 2. The first-order valence-corrected chi connectivity index (χ1v) is 8.77. The van der Waals surface area contributed by atoms with Gasteiger partial charge in [0.05, 0.1) is 6.54 Å². The van der Waals surface area contributed by atoms with Gasteiger partial charge in [-0.3, -0.25) is 5.10 Å². The first-order chi connectivity index (χ1) is 12.0. The van der Waals surface area contributed by atoms with E-state index in [4.69, 9.17) is 17.0 Å². The molecule has 0 aliphatic rings. The molecular weight excluding hydrogens is 407 g/mol. The second-order valence-electron chi connectivity index (χ2n) is 5.38. The molecule has 5 nitrogen and oxygen atoms in total. The summed E-state index contributed by atoms with van der Waals surface area (Å²) in [4.78, 5) is 0. The van der Waals surface area contributed by atoms with Gasteiger partial charge in [-0.15, -0.1) is 0 Å². The lowest BCUT2D eigenvalue weighted by molar-refractivity contribution is 0.297. The molecule has 0 amide bonds. The highest BCUT2D eigenvalue weighted by atomic mass is 79.9. The minimum atomic E-state index is -0.278. The van der Waals surface area contributed by atoms with E-state index in [1.54, 1.807) is 22.9 Å². The minimum Gasteiger partial charge on any atom is -0.488 e. The molecule has 2 aromatic carbocycles. The second kappa shape index (κ2) is 7.79. The van der Waals surface area contributed by atoms with E-state index in [1.807, 2.05) is 25.1 Å². The lowest BCUT2D eigenvalue weighted by Crippen LogP contribution is -2.16. The molecule has 2 N–H and O–H groups in total. The van der Waals surface area contributed by atoms with Gasteiger partial charge in [-0.25, -0.2) is 9.07 Å². The summed E-state index contributed by atoms with van der Waals surface area (Å²) in [5.41, 5.74) is 4.62. The number of hydrogen-bond acceptors (Lipinski definition) is 4. The number of nitrogens with one attached hydrogen (secondary N) is 2. The Balaban J connectivity index is 1.76. The molecule has 0 saturated heterocycles. The smallest absolute Gasteiger partial charge is 0.214 e. The Bertz CT molecular complexity index is 940. The summed E-state index contributed by atoms with van der Waals surface area (Å²) in [5.74, 6) is 1.13. The van der Waals surface area contributed by atoms with Gasteiger partial charge in [0.1, 0.15) is 24.0 Å². The third kappa shape index (κ3) is 4.26. The van der Waals surface area contributed by atoms with E-state index in [-0.39, 0.29) is 12.4 Å². The van der Waals surface area contributed by atoms with Crippen LogP contribution in [0.5, 0.6) is 5.75 Å². The highest BCUT2D eigenvalue weighted by molar-refractivity contribution is 9.10. The Morgan fingerprint density at radius 2 is 2.08 bits per heavy atom. The highest BCUT2D eigenvalue weighted by Gasteiger charge is 2.08. The van der Waals surface area contributed by atoms with E-state index in [2.05, 4.69) is 31.6 Å². The lowest BCUT2D eigenvalue weighted by Gasteiger charge is -2.14. The highest BCUT2D eigenvalue weighted by Crippen LogP contribution is 2.24. The average Bonchev–Trinajstić information content (AvgIpc) is 2.91. The molecule has 3 aromatic rings. The Kier molecular flexibility index (Phi) is 5.50. The maximum Gasteiger partial charge on any atom is 0.214 e. The summed E-state index contributed by atoms with van der Waals surface area (Å²) in [6.07, 6.45) is 0. The molecule has 0 atom stereocenters. The molecule has 0 radical (unpaired) electrons. The zero-order valence-electron chi connectivity index (χ0n) is 13.4. The van der Waals surface area contributed by atoms with Gasteiger partial charge >= 0.3 is 0 Å². The van der Waals surface area contributed by atoms with E-state index in [0.717, 1.165) is 15.9 Å². The maximum absolute atomic E-state index is 13.8. The van der Waals surface area contributed by atoms with Gasteiger partial charge in [0.25, 0.3) is 0 Å². The summed E-state index contributed by atoms with van der Waals surface area (Å²) in [7, 11) is 0. The van der Waals surface area contributed by atoms with Crippen LogP contribution in [0.15, 0.2) is 46.9 Å². The van der Waals surface area contributed by atoms with Crippen LogP contribution < -0.4 is 10.2 Å². The van der Waals surface area contributed by atoms with Crippen molar-refractivity contribution in [2.75, 3.05) is 5.43 Å². The molecule has 0 unspecified atom stereocenters. The van der Waals surface area contributed by atoms with E-state index in [1.165, 1.54) is 6.07 Å². The van der Waals surface area contributed by atoms with Gasteiger partial charge in [0, 0.05) is 15.6 Å². The third-order valence-electron chi connectivity index (χ3n) is 3.63. The van der Waals surface area contributed by atoms with Gasteiger partial charge < -0.3 is 10.2 Å². The zero-order valence-corrected chi connectivity index (χ0v) is 15.8. The third-order valence-corrected chi connectivity index (χ3v) is 4.40. The Hall–Kier alpha value is -2.19. The van der Waals surface area contributed by atoms with Gasteiger partial charge in [-0.05, 0) is 43.4 Å². The number of aromatic amines is 1. The van der Waals surface area contributed by atoms with Crippen molar-refractivity contribution in [3.05, 3.63) is 74.5 Å². The average molecular weight is 423 g/mol. The maximum atomic E-state index is 13.8. The van der Waals surface area contributed by atoms with E-state index in [0.29, 0.717) is 22.6 Å². The Labute approximate surface area is 157 Å². The first-order valence-electron chi connectivity index (χ1n) is 7.57. The van der Waals surface area contributed by atoms with Crippen LogP contribution in [0.4, 0.5) is 4.39 Å². The summed E-state index contributed by atoms with van der Waals surface area (Å²) in [5, 5.41) is 6.78. The van der Waals surface area contributed by atoms with Gasteiger partial charge in [0.15, 0.2) is 0 Å². The Morgan fingerprint density at radius 1 is 1.28 bits per heavy atom. The van der Waals surface area contributed by atoms with Crippen LogP contribution in [0.3, 0.4) is 0 Å². The number of hydrogen-bond donors (Lipinski definition) is 2. The molecule has 0 spiro atoms. The molecule has 1 aromatic heterocycles. The molecule has 0 bridgehead atoms. The van der Waals surface area contributed by atoms with Crippen LogP contribution in [0, 0.1) is 17.5 Å². The van der Waals surface area contributed by atoms with Crippen molar-refractivity contribution in [2.24, 2.45) is 0 Å². The predicted molar refractivity (Wildman–Crippen MR) is 100 cm³/mol. The summed E-state index contributed by atoms with van der Waals surface area (Å²) in [6.45, 7) is 2.47. The van der Waals surface area contributed by atoms with Crippen molar-refractivity contribution in [1.82, 2.24) is 14.9 Å². The second-order valence-corrected chi connectivity index (χ2v) is 6.68. The van der Waals surface area contributed by atoms with Crippen molar-refractivity contribution in [1.29, 1.82) is 0 Å². The van der Waals surface area contributed by atoms with Gasteiger partial charge in [0.2, 0.25) is 4.77 Å². The van der Waals surface area contributed by atoms with Crippen LogP contribution in [0.1, 0.15) is 17.0 Å². The van der Waals surface area contributed by atoms with Crippen LogP contribution in [-0.4, -0.2) is 14.9 Å². The zero-order chi connectivity index (χ0) is 17.8. The molecular formula is C17H16BrFN4OS. The largest absolute Gasteiger partial charge is 0.488 e. The molecule has 0 aliphatic heterocycles. The predicted octanol–water partition coefficient (Wildman–Crippen LogP) is 4.47. The fraction of sp³-hybridized carbons (Fsp3) is 0.176. The van der Waals surface area contributed by atoms with Crippen LogP contribution in [0.25, 0.3) is 0 Å². The molecule has 3 rings (SSSR count). The topological polar surface area (TPSA) is 54.9 Å². The normalized spacial score (nSPS) is 10.7. The van der Waals surface area contributed by atoms with Crippen molar-refractivity contribution >= 4 is 28.1 Å². The van der Waals surface area contributed by atoms with E-state index < -0.39 is 0 Å². The number of ether oxygens (including phenoxy) is 1. The number of H-pyrrole nitrogens is 1. The number of benzene rings is 2. The number of halogens is 2. The van der Waals surface area contributed by atoms with Crippen LogP contribution >= 0.6 is 28.1 Å². The van der Waals surface area contributed by atoms with Gasteiger partial charge in [-0.1, -0.05) is 34.1 Å². The molecule has 25 heavy (non-hydrogen) atoms. The lowest BCUT2D eigenvalue weighted by atomic mass is 10.2. The Morgan fingerprint density at radius 3 is 2.80 bits per heavy atom. The van der Waals surface area contributed by atoms with Gasteiger partial charge in [-0.2, -0.15) is 5.10 Å². The molecule has 0 saturated carbocycles. The summed E-state index contributed by atoms with van der Waals surface area (Å²) >= 11 is 8.64. The van der Waals surface area contributed by atoms with Crippen LogP contribution in [-0.2, 0) is 13.2 Å². The van der Waals surface area contributed by atoms with Crippen LogP contribution in [0.2, 0.25) is 0 Å². The number of aryl methyl sites for hydroxylation is 1. The standard InChI is InChI=1S/C17H16BrFN4OS/c1-11-21-22-17(25)23(11)20-9-13-8-14(18)6-7-16(13)24-10-12-4-2-3-5-15(12)19/h2-8,20H,9-10H2,1H3,(H,22,25). The molecule has 0 aliphatic carbocycles. The van der Waals surface area contributed by atoms with E-state index >= 15 is 0 Å². The fourth-order valence-electron chi connectivity index (χ4n) is 2.32. The molecule has 130 valence electrons. The van der Waals surface area contributed by atoms with Crippen molar-refractivity contribution in [3.8, 4) is 5.75 Å². The van der Waals surface area contributed by atoms with E-state index in [9.17, 15) is 4.39 Å². The fourth-order valence-corrected chi connectivity index (χ4v) is 2.97. The quantitative estimate of drug-likeness (QED) is 0.575. The summed E-state index contributed by atoms with van der Waals surface area (Å²) in [6, 6.07) is 12.3. The molecule has 8 heteroatoms. The monoisotopic (exact) mass is 422 g/mol. The van der Waals surface area contributed by atoms with Crippen molar-refractivity contribution < 1.29 is 9.13 Å². The minimum absolute atomic E-state index is 0.158. The first kappa shape index (κ1) is 17.6. The number of rotatable bonds is 6.